The number of aryl methyl sites for hydroxylation is 3. The van der Waals surface area contributed by atoms with Gasteiger partial charge in [-0.25, -0.2) is 0 Å². The highest BCUT2D eigenvalue weighted by atomic mass is 32.1. The minimum atomic E-state index is 0.128. The van der Waals surface area contributed by atoms with Gasteiger partial charge in [-0.05, 0) is 49.6 Å². The van der Waals surface area contributed by atoms with Crippen molar-refractivity contribution in [3.63, 3.8) is 0 Å². The largest absolute Gasteiger partial charge is 0.268 e. The standard InChI is InChI=1S/C21H22N2O2S2/c1-15-10-11-17-19(14-15)27-23(21(17)25)13-7-3-2-6-12-22-20(24)16-8-4-5-9-18(16)26-22/h4-5,8-11,14H,2-3,6-7,12-13H2,1H3. The number of fused-ring (bicyclic) bond motifs is 2. The molecule has 6 heteroatoms. The van der Waals surface area contributed by atoms with Crippen molar-refractivity contribution < 1.29 is 0 Å². The summed E-state index contributed by atoms with van der Waals surface area (Å²) >= 11 is 3.11. The van der Waals surface area contributed by atoms with Crippen LogP contribution in [0.3, 0.4) is 0 Å². The Kier molecular flexibility index (Phi) is 5.27. The first-order valence-electron chi connectivity index (χ1n) is 9.33. The SMILES string of the molecule is Cc1ccc2c(=O)n(CCCCCCn3sc4ccccc4c3=O)sc2c1. The maximum absolute atomic E-state index is 12.4. The van der Waals surface area contributed by atoms with E-state index >= 15 is 0 Å². The zero-order valence-corrected chi connectivity index (χ0v) is 16.9. The van der Waals surface area contributed by atoms with Crippen LogP contribution in [0.2, 0.25) is 0 Å². The second kappa shape index (κ2) is 7.82. The van der Waals surface area contributed by atoms with Crippen molar-refractivity contribution in [1.29, 1.82) is 0 Å². The summed E-state index contributed by atoms with van der Waals surface area (Å²) in [7, 11) is 0. The van der Waals surface area contributed by atoms with Crippen LogP contribution in [0.15, 0.2) is 52.1 Å². The molecule has 0 saturated carbocycles. The molecule has 4 rings (SSSR count). The molecule has 0 N–H and O–H groups in total. The number of benzene rings is 2. The van der Waals surface area contributed by atoms with Crippen molar-refractivity contribution in [2.45, 2.75) is 45.7 Å². The molecule has 27 heavy (non-hydrogen) atoms. The van der Waals surface area contributed by atoms with E-state index in [1.165, 1.54) is 5.56 Å². The maximum atomic E-state index is 12.4. The summed E-state index contributed by atoms with van der Waals surface area (Å²) in [5.74, 6) is 0. The Morgan fingerprint density at radius 3 is 2.00 bits per heavy atom. The van der Waals surface area contributed by atoms with Gasteiger partial charge >= 0.3 is 0 Å². The van der Waals surface area contributed by atoms with E-state index in [1.54, 1.807) is 23.1 Å². The summed E-state index contributed by atoms with van der Waals surface area (Å²) < 4.78 is 5.87. The van der Waals surface area contributed by atoms with Crippen molar-refractivity contribution in [3.8, 4) is 0 Å². The quantitative estimate of drug-likeness (QED) is 0.411. The number of aromatic nitrogens is 2. The van der Waals surface area contributed by atoms with Gasteiger partial charge in [-0.1, -0.05) is 54.1 Å². The summed E-state index contributed by atoms with van der Waals surface area (Å²) in [6.07, 6.45) is 4.12. The van der Waals surface area contributed by atoms with Gasteiger partial charge in [-0.15, -0.1) is 0 Å². The van der Waals surface area contributed by atoms with E-state index in [4.69, 9.17) is 0 Å². The summed E-state index contributed by atoms with van der Waals surface area (Å²) in [5, 5.41) is 1.65. The lowest BCUT2D eigenvalue weighted by Gasteiger charge is -2.02. The summed E-state index contributed by atoms with van der Waals surface area (Å²) in [5.41, 5.74) is 1.45. The third-order valence-electron chi connectivity index (χ3n) is 4.83. The van der Waals surface area contributed by atoms with Crippen LogP contribution in [0, 0.1) is 6.92 Å². The van der Waals surface area contributed by atoms with Crippen LogP contribution in [-0.2, 0) is 13.1 Å². The first kappa shape index (κ1) is 18.2. The molecule has 0 unspecified atom stereocenters. The van der Waals surface area contributed by atoms with Gasteiger partial charge in [0.25, 0.3) is 11.1 Å². The second-order valence-electron chi connectivity index (χ2n) is 6.91. The Balaban J connectivity index is 1.28. The summed E-state index contributed by atoms with van der Waals surface area (Å²) in [4.78, 5) is 24.7. The van der Waals surface area contributed by atoms with Crippen LogP contribution >= 0.6 is 23.1 Å². The smallest absolute Gasteiger partial charge is 0.268 e. The van der Waals surface area contributed by atoms with E-state index in [2.05, 4.69) is 13.0 Å². The van der Waals surface area contributed by atoms with Gasteiger partial charge in [0, 0.05) is 13.1 Å². The van der Waals surface area contributed by atoms with Crippen LogP contribution in [-0.4, -0.2) is 7.91 Å². The molecule has 0 spiro atoms. The van der Waals surface area contributed by atoms with Gasteiger partial charge in [-0.2, -0.15) is 0 Å². The van der Waals surface area contributed by atoms with Gasteiger partial charge in [0.05, 0.1) is 20.2 Å². The molecule has 2 heterocycles. The minimum Gasteiger partial charge on any atom is -0.268 e. The van der Waals surface area contributed by atoms with Crippen LogP contribution in [0.5, 0.6) is 0 Å². The molecular weight excluding hydrogens is 376 g/mol. The van der Waals surface area contributed by atoms with Crippen molar-refractivity contribution in [2.75, 3.05) is 0 Å². The van der Waals surface area contributed by atoms with E-state index in [9.17, 15) is 9.59 Å². The van der Waals surface area contributed by atoms with E-state index in [0.29, 0.717) is 0 Å². The third kappa shape index (κ3) is 3.77. The maximum Gasteiger partial charge on any atom is 0.268 e. The Hall–Kier alpha value is -2.18. The normalized spacial score (nSPS) is 11.6. The topological polar surface area (TPSA) is 44.0 Å². The highest BCUT2D eigenvalue weighted by Gasteiger charge is 2.08. The summed E-state index contributed by atoms with van der Waals surface area (Å²) in [6, 6.07) is 13.8. The fraction of sp³-hybridized carbons (Fsp3) is 0.333. The molecule has 0 amide bonds. The van der Waals surface area contributed by atoms with Crippen molar-refractivity contribution in [1.82, 2.24) is 7.91 Å². The van der Waals surface area contributed by atoms with Crippen LogP contribution in [0.4, 0.5) is 0 Å². The Labute approximate surface area is 165 Å². The first-order chi connectivity index (χ1) is 13.1. The third-order valence-corrected chi connectivity index (χ3v) is 7.05. The van der Waals surface area contributed by atoms with Gasteiger partial charge in [-0.3, -0.25) is 17.5 Å². The Morgan fingerprint density at radius 1 is 0.741 bits per heavy atom. The predicted molar refractivity (Wildman–Crippen MR) is 115 cm³/mol. The highest BCUT2D eigenvalue weighted by Crippen LogP contribution is 2.19. The fourth-order valence-corrected chi connectivity index (χ4v) is 5.52. The number of hydrogen-bond acceptors (Lipinski definition) is 4. The predicted octanol–water partition coefficient (Wildman–Crippen LogP) is 5.01. The Morgan fingerprint density at radius 2 is 1.33 bits per heavy atom. The van der Waals surface area contributed by atoms with Crippen molar-refractivity contribution in [2.24, 2.45) is 0 Å². The molecule has 0 aliphatic carbocycles. The molecule has 0 atom stereocenters. The monoisotopic (exact) mass is 398 g/mol. The molecule has 2 aromatic carbocycles. The molecule has 2 aromatic heterocycles. The van der Waals surface area contributed by atoms with Gasteiger partial charge in [0.2, 0.25) is 0 Å². The average Bonchev–Trinajstić information content (AvgIpc) is 3.15. The highest BCUT2D eigenvalue weighted by molar-refractivity contribution is 7.14. The second-order valence-corrected chi connectivity index (χ2v) is 9.03. The van der Waals surface area contributed by atoms with E-state index < -0.39 is 0 Å². The molecule has 0 saturated heterocycles. The number of nitrogens with zero attached hydrogens (tertiary/aromatic N) is 2. The van der Waals surface area contributed by atoms with Crippen LogP contribution in [0.25, 0.3) is 20.2 Å². The minimum absolute atomic E-state index is 0.128. The van der Waals surface area contributed by atoms with E-state index in [-0.39, 0.29) is 11.1 Å². The lowest BCUT2D eigenvalue weighted by atomic mass is 10.2. The average molecular weight is 399 g/mol. The molecule has 4 aromatic rings. The zero-order valence-electron chi connectivity index (χ0n) is 15.3. The van der Waals surface area contributed by atoms with Crippen molar-refractivity contribution in [3.05, 3.63) is 68.7 Å². The van der Waals surface area contributed by atoms with E-state index in [0.717, 1.165) is 58.9 Å². The molecule has 0 aliphatic rings. The lowest BCUT2D eigenvalue weighted by molar-refractivity contribution is 0.557. The zero-order chi connectivity index (χ0) is 18.8. The van der Waals surface area contributed by atoms with Crippen LogP contribution < -0.4 is 11.1 Å². The van der Waals surface area contributed by atoms with Gasteiger partial charge in [0.15, 0.2) is 0 Å². The molecule has 0 aliphatic heterocycles. The molecule has 140 valence electrons. The van der Waals surface area contributed by atoms with E-state index in [1.807, 2.05) is 44.3 Å². The summed E-state index contributed by atoms with van der Waals surface area (Å²) in [6.45, 7) is 3.61. The first-order valence-corrected chi connectivity index (χ1v) is 10.9. The molecule has 0 bridgehead atoms. The lowest BCUT2D eigenvalue weighted by Crippen LogP contribution is -2.13. The number of hydrogen-bond donors (Lipinski definition) is 0. The number of rotatable bonds is 7. The van der Waals surface area contributed by atoms with Gasteiger partial charge in [0.1, 0.15) is 0 Å². The molecule has 0 radical (unpaired) electrons. The fourth-order valence-electron chi connectivity index (χ4n) is 3.35. The van der Waals surface area contributed by atoms with Crippen LogP contribution in [0.1, 0.15) is 31.2 Å². The molecular formula is C21H22N2O2S2. The van der Waals surface area contributed by atoms with Crippen molar-refractivity contribution >= 4 is 43.2 Å². The molecule has 4 nitrogen and oxygen atoms in total. The Bertz CT molecular complexity index is 1200. The molecule has 0 fully saturated rings. The van der Waals surface area contributed by atoms with Gasteiger partial charge < -0.3 is 0 Å². The number of unbranched alkanes of at least 4 members (excludes halogenated alkanes) is 3.